The van der Waals surface area contributed by atoms with E-state index in [1.165, 1.54) is 23.4 Å². The van der Waals surface area contributed by atoms with Crippen LogP contribution in [-0.4, -0.2) is 41.6 Å². The molecule has 1 fully saturated rings. The van der Waals surface area contributed by atoms with Gasteiger partial charge in [-0.3, -0.25) is 9.69 Å². The molecule has 0 bridgehead atoms. The number of para-hydroxylation sites is 1. The number of hydrogen-bond donors (Lipinski definition) is 1. The van der Waals surface area contributed by atoms with Gasteiger partial charge in [0.05, 0.1) is 5.56 Å². The van der Waals surface area contributed by atoms with Gasteiger partial charge >= 0.3 is 6.18 Å². The smallest absolute Gasteiger partial charge is 0.369 e. The Kier molecular flexibility index (Phi) is 8.44. The van der Waals surface area contributed by atoms with E-state index in [1.807, 2.05) is 12.1 Å². The van der Waals surface area contributed by atoms with E-state index < -0.39 is 11.7 Å². The van der Waals surface area contributed by atoms with E-state index in [2.05, 4.69) is 63.6 Å². The number of aryl methyl sites for hydroxylation is 1. The predicted molar refractivity (Wildman–Crippen MR) is 169 cm³/mol. The summed E-state index contributed by atoms with van der Waals surface area (Å²) in [4.78, 5) is 17.8. The molecular formula is C36H35F3N4O. The Morgan fingerprint density at radius 3 is 2.25 bits per heavy atom. The molecule has 44 heavy (non-hydrogen) atoms. The van der Waals surface area contributed by atoms with E-state index in [0.29, 0.717) is 17.7 Å². The number of anilines is 1. The van der Waals surface area contributed by atoms with E-state index in [4.69, 9.17) is 0 Å². The lowest BCUT2D eigenvalue weighted by Gasteiger charge is -2.36. The number of nitrogens with one attached hydrogen (secondary N) is 1. The number of nitrogens with zero attached hydrogens (tertiary/aromatic N) is 3. The lowest BCUT2D eigenvalue weighted by atomic mass is 10.0. The van der Waals surface area contributed by atoms with Crippen molar-refractivity contribution >= 4 is 22.5 Å². The lowest BCUT2D eigenvalue weighted by molar-refractivity contribution is -0.138. The third-order valence-electron chi connectivity index (χ3n) is 8.32. The van der Waals surface area contributed by atoms with Gasteiger partial charge in [-0.2, -0.15) is 13.2 Å². The molecule has 1 amide bonds. The summed E-state index contributed by atoms with van der Waals surface area (Å²) in [5.74, 6) is -0.196. The maximum absolute atomic E-state index is 13.6. The Morgan fingerprint density at radius 1 is 0.795 bits per heavy atom. The Balaban J connectivity index is 1.03. The maximum atomic E-state index is 13.6. The zero-order valence-corrected chi connectivity index (χ0v) is 24.6. The van der Waals surface area contributed by atoms with Crippen molar-refractivity contribution in [2.24, 2.45) is 0 Å². The van der Waals surface area contributed by atoms with Gasteiger partial charge in [-0.25, -0.2) is 0 Å². The van der Waals surface area contributed by atoms with E-state index in [0.717, 1.165) is 49.2 Å². The van der Waals surface area contributed by atoms with Gasteiger partial charge in [0.2, 0.25) is 0 Å². The molecule has 1 aliphatic heterocycles. The van der Waals surface area contributed by atoms with E-state index in [-0.39, 0.29) is 18.0 Å². The Morgan fingerprint density at radius 2 is 1.52 bits per heavy atom. The van der Waals surface area contributed by atoms with Crippen LogP contribution in [0.4, 0.5) is 18.9 Å². The van der Waals surface area contributed by atoms with Crippen LogP contribution in [0.2, 0.25) is 0 Å². The fourth-order valence-electron chi connectivity index (χ4n) is 5.86. The van der Waals surface area contributed by atoms with Gasteiger partial charge in [0.15, 0.2) is 0 Å². The number of aromatic nitrogens is 1. The molecule has 8 heteroatoms. The zero-order chi connectivity index (χ0) is 30.7. The molecule has 1 saturated heterocycles. The topological polar surface area (TPSA) is 40.5 Å². The largest absolute Gasteiger partial charge is 0.416 e. The minimum Gasteiger partial charge on any atom is -0.369 e. The summed E-state index contributed by atoms with van der Waals surface area (Å²) in [5.41, 5.74) is 4.97. The number of amides is 1. The molecule has 0 unspecified atom stereocenters. The van der Waals surface area contributed by atoms with Crippen LogP contribution in [0.5, 0.6) is 0 Å². The van der Waals surface area contributed by atoms with Crippen molar-refractivity contribution in [3.05, 3.63) is 137 Å². The summed E-state index contributed by atoms with van der Waals surface area (Å²) in [5, 5.41) is 3.79. The molecule has 0 radical (unpaired) electrons. The first-order valence-electron chi connectivity index (χ1n) is 14.9. The van der Waals surface area contributed by atoms with E-state index >= 15 is 0 Å². The van der Waals surface area contributed by atoms with Crippen molar-refractivity contribution < 1.29 is 18.0 Å². The summed E-state index contributed by atoms with van der Waals surface area (Å²) < 4.78 is 42.7. The fourth-order valence-corrected chi connectivity index (χ4v) is 5.86. The standard InChI is InChI=1S/C36H35F3N4O/c1-26-7-12-31(33(21-26)36(37,38)39)25-43-16-15-29-22-30(13-14-34(29)43)35(44)40-23-27-8-10-28(11-9-27)24-41-17-19-42(20-18-41)32-5-3-2-4-6-32/h2-16,21-22H,17-20,23-25H2,1H3,(H,40,44). The molecular weight excluding hydrogens is 561 g/mol. The molecule has 2 heterocycles. The van der Waals surface area contributed by atoms with Gasteiger partial charge in [0.25, 0.3) is 5.91 Å². The summed E-state index contributed by atoms with van der Waals surface area (Å²) in [6.45, 7) is 7.10. The average Bonchev–Trinajstić information content (AvgIpc) is 3.43. The lowest BCUT2D eigenvalue weighted by Crippen LogP contribution is -2.45. The van der Waals surface area contributed by atoms with Crippen LogP contribution in [0.3, 0.4) is 0 Å². The summed E-state index contributed by atoms with van der Waals surface area (Å²) in [6, 6.07) is 30.4. The number of alkyl halides is 3. The Labute approximate surface area is 255 Å². The highest BCUT2D eigenvalue weighted by molar-refractivity contribution is 5.98. The van der Waals surface area contributed by atoms with Gasteiger partial charge in [-0.05, 0) is 66.1 Å². The van der Waals surface area contributed by atoms with E-state index in [9.17, 15) is 18.0 Å². The minimum absolute atomic E-state index is 0.0874. The van der Waals surface area contributed by atoms with Gasteiger partial charge in [0, 0.05) is 74.2 Å². The summed E-state index contributed by atoms with van der Waals surface area (Å²) in [6.07, 6.45) is -2.66. The molecule has 1 N–H and O–H groups in total. The van der Waals surface area contributed by atoms with Crippen LogP contribution in [0.1, 0.15) is 38.2 Å². The Bertz CT molecular complexity index is 1740. The van der Waals surface area contributed by atoms with Crippen molar-refractivity contribution in [1.82, 2.24) is 14.8 Å². The summed E-state index contributed by atoms with van der Waals surface area (Å²) in [7, 11) is 0. The number of benzene rings is 4. The zero-order valence-electron chi connectivity index (χ0n) is 24.6. The van der Waals surface area contributed by atoms with Crippen LogP contribution in [0, 0.1) is 6.92 Å². The number of carbonyl (C=O) groups is 1. The molecule has 0 aliphatic carbocycles. The highest BCUT2D eigenvalue weighted by Gasteiger charge is 2.33. The number of hydrogen-bond acceptors (Lipinski definition) is 3. The highest BCUT2D eigenvalue weighted by Crippen LogP contribution is 2.33. The van der Waals surface area contributed by atoms with Crippen LogP contribution in [-0.2, 0) is 25.8 Å². The molecule has 1 aromatic heterocycles. The first-order valence-corrected chi connectivity index (χ1v) is 14.9. The highest BCUT2D eigenvalue weighted by atomic mass is 19.4. The average molecular weight is 597 g/mol. The molecule has 4 aromatic carbocycles. The van der Waals surface area contributed by atoms with Crippen LogP contribution >= 0.6 is 0 Å². The number of carbonyl (C=O) groups excluding carboxylic acids is 1. The van der Waals surface area contributed by atoms with Crippen molar-refractivity contribution in [2.45, 2.75) is 32.7 Å². The van der Waals surface area contributed by atoms with Crippen molar-refractivity contribution in [1.29, 1.82) is 0 Å². The molecule has 0 saturated carbocycles. The number of rotatable bonds is 8. The fraction of sp³-hybridized carbons (Fsp3) is 0.250. The minimum atomic E-state index is -4.42. The third-order valence-corrected chi connectivity index (χ3v) is 8.32. The second kappa shape index (κ2) is 12.6. The number of fused-ring (bicyclic) bond motifs is 1. The van der Waals surface area contributed by atoms with Crippen LogP contribution < -0.4 is 10.2 Å². The molecule has 5 aromatic rings. The van der Waals surface area contributed by atoms with E-state index in [1.54, 1.807) is 42.0 Å². The monoisotopic (exact) mass is 596 g/mol. The molecule has 0 atom stereocenters. The van der Waals surface area contributed by atoms with Crippen molar-refractivity contribution in [3.63, 3.8) is 0 Å². The normalized spacial score (nSPS) is 14.2. The van der Waals surface area contributed by atoms with Crippen LogP contribution in [0.25, 0.3) is 10.9 Å². The Hall–Kier alpha value is -4.56. The van der Waals surface area contributed by atoms with Crippen LogP contribution in [0.15, 0.2) is 103 Å². The number of piperazine rings is 1. The molecule has 0 spiro atoms. The van der Waals surface area contributed by atoms with Crippen molar-refractivity contribution in [3.8, 4) is 0 Å². The van der Waals surface area contributed by atoms with Gasteiger partial charge < -0.3 is 14.8 Å². The summed E-state index contributed by atoms with van der Waals surface area (Å²) >= 11 is 0. The van der Waals surface area contributed by atoms with Gasteiger partial charge in [-0.15, -0.1) is 0 Å². The number of halogens is 3. The van der Waals surface area contributed by atoms with Gasteiger partial charge in [0.1, 0.15) is 0 Å². The molecule has 6 rings (SSSR count). The quantitative estimate of drug-likeness (QED) is 0.205. The molecule has 226 valence electrons. The second-order valence-electron chi connectivity index (χ2n) is 11.5. The third kappa shape index (κ3) is 6.81. The molecule has 5 nitrogen and oxygen atoms in total. The maximum Gasteiger partial charge on any atom is 0.416 e. The first kappa shape index (κ1) is 29.5. The first-order chi connectivity index (χ1) is 21.2. The SMILES string of the molecule is Cc1ccc(Cn2ccc3cc(C(=O)NCc4ccc(CN5CCN(c6ccccc6)CC5)cc4)ccc32)c(C(F)(F)F)c1. The van der Waals surface area contributed by atoms with Gasteiger partial charge in [-0.1, -0.05) is 60.2 Å². The molecule has 1 aliphatic rings. The second-order valence-corrected chi connectivity index (χ2v) is 11.5. The van der Waals surface area contributed by atoms with Crippen molar-refractivity contribution in [2.75, 3.05) is 31.1 Å². The predicted octanol–water partition coefficient (Wildman–Crippen LogP) is 7.27.